The Balaban J connectivity index is 2.19. The number of allylic oxidation sites excluding steroid dienone is 3. The quantitative estimate of drug-likeness (QED) is 0.591. The predicted octanol–water partition coefficient (Wildman–Crippen LogP) is 3.89. The maximum atomic E-state index is 11.2. The van der Waals surface area contributed by atoms with Crippen LogP contribution < -0.4 is 0 Å². The predicted molar refractivity (Wildman–Crippen MR) is 102 cm³/mol. The summed E-state index contributed by atoms with van der Waals surface area (Å²) < 4.78 is 6.57. The van der Waals surface area contributed by atoms with Crippen LogP contribution >= 0.6 is 0 Å². The lowest BCUT2D eigenvalue weighted by Crippen LogP contribution is -2.51. The van der Waals surface area contributed by atoms with Gasteiger partial charge in [0.1, 0.15) is 0 Å². The fourth-order valence-electron chi connectivity index (χ4n) is 6.30. The SMILES string of the molecule is CC1=C[C@@](C)(/C=C/C(=O)O)[C@H]2C(C)=C[C@@]3(C)[C@@H](/C(C)=C\CO)O[C@@H]1[C@@]23C. The van der Waals surface area contributed by atoms with Gasteiger partial charge in [0, 0.05) is 28.2 Å². The molecule has 1 heterocycles. The highest BCUT2D eigenvalue weighted by Crippen LogP contribution is 2.71. The lowest BCUT2D eigenvalue weighted by Gasteiger charge is -2.52. The molecule has 0 aromatic rings. The number of aliphatic carboxylic acids is 1. The van der Waals surface area contributed by atoms with Gasteiger partial charge in [0.05, 0.1) is 18.8 Å². The number of carbonyl (C=O) groups is 1. The first kappa shape index (κ1) is 19.1. The van der Waals surface area contributed by atoms with Gasteiger partial charge in [-0.3, -0.25) is 0 Å². The number of aliphatic hydroxyl groups is 1. The number of aliphatic hydroxyl groups excluding tert-OH is 1. The Hall–Kier alpha value is -1.65. The van der Waals surface area contributed by atoms with Crippen LogP contribution in [0.1, 0.15) is 41.5 Å². The Morgan fingerprint density at radius 2 is 1.88 bits per heavy atom. The molecule has 2 aliphatic carbocycles. The normalized spacial score (nSPS) is 44.9. The average Bonchev–Trinajstić information content (AvgIpc) is 2.86. The van der Waals surface area contributed by atoms with E-state index in [1.54, 1.807) is 0 Å². The molecule has 1 aliphatic heterocycles. The molecule has 1 fully saturated rings. The molecule has 0 unspecified atom stereocenters. The van der Waals surface area contributed by atoms with E-state index in [2.05, 4.69) is 46.8 Å². The van der Waals surface area contributed by atoms with Crippen molar-refractivity contribution in [3.05, 3.63) is 47.1 Å². The van der Waals surface area contributed by atoms with Crippen molar-refractivity contribution in [1.82, 2.24) is 0 Å². The van der Waals surface area contributed by atoms with E-state index in [0.717, 1.165) is 11.1 Å². The Bertz CT molecular complexity index is 758. The zero-order chi connectivity index (χ0) is 19.5. The van der Waals surface area contributed by atoms with Crippen molar-refractivity contribution in [3.8, 4) is 0 Å². The molecule has 3 rings (SSSR count). The minimum Gasteiger partial charge on any atom is -0.478 e. The maximum absolute atomic E-state index is 11.2. The number of rotatable bonds is 4. The molecule has 1 saturated heterocycles. The molecule has 6 atom stereocenters. The summed E-state index contributed by atoms with van der Waals surface area (Å²) in [6, 6.07) is 0. The molecular weight excluding hydrogens is 328 g/mol. The van der Waals surface area contributed by atoms with Crippen LogP contribution in [0.2, 0.25) is 0 Å². The Morgan fingerprint density at radius 1 is 1.23 bits per heavy atom. The largest absolute Gasteiger partial charge is 0.478 e. The van der Waals surface area contributed by atoms with Gasteiger partial charge in [-0.25, -0.2) is 4.79 Å². The van der Waals surface area contributed by atoms with Gasteiger partial charge in [0.2, 0.25) is 0 Å². The van der Waals surface area contributed by atoms with Crippen LogP contribution in [0.3, 0.4) is 0 Å². The lowest BCUT2D eigenvalue weighted by atomic mass is 9.50. The van der Waals surface area contributed by atoms with Crippen molar-refractivity contribution >= 4 is 5.97 Å². The second kappa shape index (κ2) is 5.93. The molecular formula is C22H30O4. The molecule has 0 saturated carbocycles. The first-order chi connectivity index (χ1) is 12.0. The second-order valence-corrected chi connectivity index (χ2v) is 8.84. The molecule has 4 nitrogen and oxygen atoms in total. The molecule has 0 amide bonds. The van der Waals surface area contributed by atoms with Crippen LogP contribution in [-0.2, 0) is 9.53 Å². The summed E-state index contributed by atoms with van der Waals surface area (Å²) >= 11 is 0. The zero-order valence-electron chi connectivity index (χ0n) is 16.5. The zero-order valence-corrected chi connectivity index (χ0v) is 16.5. The maximum Gasteiger partial charge on any atom is 0.328 e. The van der Waals surface area contributed by atoms with Crippen molar-refractivity contribution < 1.29 is 19.7 Å². The Morgan fingerprint density at radius 3 is 2.46 bits per heavy atom. The number of hydrogen-bond acceptors (Lipinski definition) is 3. The van der Waals surface area contributed by atoms with E-state index in [1.807, 2.05) is 19.1 Å². The highest BCUT2D eigenvalue weighted by molar-refractivity contribution is 5.80. The summed E-state index contributed by atoms with van der Waals surface area (Å²) in [6.07, 6.45) is 9.31. The van der Waals surface area contributed by atoms with Crippen LogP contribution in [-0.4, -0.2) is 35.0 Å². The van der Waals surface area contributed by atoms with E-state index >= 15 is 0 Å². The standard InChI is InChI=1S/C22H30O4/c1-13(8-10-23)18-21(5)12-14(2)17-20(4,9-7-16(24)25)11-15(3)19(26-18)22(17,21)6/h7-9,11-12,17-19,23H,10H2,1-6H3,(H,24,25)/b9-7+,13-8-/t17-,18-,19+,20-,21+,22-/m1/s1. The first-order valence-electron chi connectivity index (χ1n) is 9.25. The molecule has 2 N–H and O–H groups in total. The van der Waals surface area contributed by atoms with Crippen molar-refractivity contribution in [2.45, 2.75) is 53.8 Å². The summed E-state index contributed by atoms with van der Waals surface area (Å²) in [5.74, 6) is -0.759. The third kappa shape index (κ3) is 2.31. The van der Waals surface area contributed by atoms with Crippen LogP contribution in [0.15, 0.2) is 47.1 Å². The van der Waals surface area contributed by atoms with Crippen LogP contribution in [0.5, 0.6) is 0 Å². The average molecular weight is 358 g/mol. The van der Waals surface area contributed by atoms with Crippen LogP contribution in [0.25, 0.3) is 0 Å². The van der Waals surface area contributed by atoms with Gasteiger partial charge < -0.3 is 14.9 Å². The van der Waals surface area contributed by atoms with Gasteiger partial charge in [-0.05, 0) is 31.9 Å². The molecule has 0 radical (unpaired) electrons. The summed E-state index contributed by atoms with van der Waals surface area (Å²) in [7, 11) is 0. The molecule has 0 spiro atoms. The van der Waals surface area contributed by atoms with Gasteiger partial charge in [-0.15, -0.1) is 0 Å². The van der Waals surface area contributed by atoms with Crippen LogP contribution in [0, 0.1) is 22.2 Å². The van der Waals surface area contributed by atoms with Crippen molar-refractivity contribution in [1.29, 1.82) is 0 Å². The lowest BCUT2D eigenvalue weighted by molar-refractivity contribution is -0.131. The van der Waals surface area contributed by atoms with Gasteiger partial charge >= 0.3 is 5.97 Å². The summed E-state index contributed by atoms with van der Waals surface area (Å²) in [5, 5.41) is 18.5. The molecule has 26 heavy (non-hydrogen) atoms. The fourth-order valence-corrected chi connectivity index (χ4v) is 6.30. The fraction of sp³-hybridized carbons (Fsp3) is 0.591. The molecule has 4 heteroatoms. The molecule has 0 aromatic heterocycles. The third-order valence-electron chi connectivity index (χ3n) is 7.09. The Kier molecular flexibility index (Phi) is 4.36. The smallest absolute Gasteiger partial charge is 0.328 e. The van der Waals surface area contributed by atoms with Crippen molar-refractivity contribution in [2.24, 2.45) is 22.2 Å². The monoisotopic (exact) mass is 358 g/mol. The second-order valence-electron chi connectivity index (χ2n) is 8.84. The van der Waals surface area contributed by atoms with Crippen molar-refractivity contribution in [3.63, 3.8) is 0 Å². The van der Waals surface area contributed by atoms with E-state index in [-0.39, 0.29) is 41.0 Å². The first-order valence-corrected chi connectivity index (χ1v) is 9.25. The minimum absolute atomic E-state index is 0.00314. The van der Waals surface area contributed by atoms with E-state index < -0.39 is 5.97 Å². The summed E-state index contributed by atoms with van der Waals surface area (Å²) in [5.41, 5.74) is 2.71. The molecule has 0 bridgehead atoms. The van der Waals surface area contributed by atoms with E-state index in [4.69, 9.17) is 9.84 Å². The molecule has 0 aromatic carbocycles. The van der Waals surface area contributed by atoms with E-state index in [1.165, 1.54) is 11.6 Å². The number of ether oxygens (including phenoxy) is 1. The number of carboxylic acids is 1. The van der Waals surface area contributed by atoms with E-state index in [0.29, 0.717) is 0 Å². The van der Waals surface area contributed by atoms with Crippen molar-refractivity contribution in [2.75, 3.05) is 6.61 Å². The van der Waals surface area contributed by atoms with Gasteiger partial charge in [-0.2, -0.15) is 0 Å². The Labute approximate surface area is 155 Å². The minimum atomic E-state index is -0.922. The molecule has 3 aliphatic rings. The van der Waals surface area contributed by atoms with Crippen LogP contribution in [0.4, 0.5) is 0 Å². The summed E-state index contributed by atoms with van der Waals surface area (Å²) in [4.78, 5) is 11.2. The number of carboxylic acid groups (broad SMARTS) is 1. The molecule has 142 valence electrons. The van der Waals surface area contributed by atoms with Gasteiger partial charge in [0.15, 0.2) is 0 Å². The van der Waals surface area contributed by atoms with Gasteiger partial charge in [0.25, 0.3) is 0 Å². The highest BCUT2D eigenvalue weighted by atomic mass is 16.5. The van der Waals surface area contributed by atoms with Gasteiger partial charge in [-0.1, -0.05) is 50.6 Å². The topological polar surface area (TPSA) is 66.8 Å². The third-order valence-corrected chi connectivity index (χ3v) is 7.09. The highest BCUT2D eigenvalue weighted by Gasteiger charge is 2.70. The van der Waals surface area contributed by atoms with E-state index in [9.17, 15) is 9.90 Å². The number of hydrogen-bond donors (Lipinski definition) is 2. The summed E-state index contributed by atoms with van der Waals surface area (Å²) in [6.45, 7) is 12.9.